The number of carbonyl (C=O) groups is 1. The molecule has 0 spiro atoms. The average Bonchev–Trinajstić information content (AvgIpc) is 3.24. The molecule has 9 nitrogen and oxygen atoms in total. The summed E-state index contributed by atoms with van der Waals surface area (Å²) in [6.07, 6.45) is 3.84. The van der Waals surface area contributed by atoms with Crippen LogP contribution in [-0.2, 0) is 16.0 Å². The molecule has 40 heavy (non-hydrogen) atoms. The maximum Gasteiger partial charge on any atom is 0.338 e. The number of hydrogen-bond donors (Lipinski definition) is 1. The second-order valence-corrected chi connectivity index (χ2v) is 9.87. The van der Waals surface area contributed by atoms with Crippen molar-refractivity contribution in [3.8, 4) is 23.0 Å². The zero-order valence-electron chi connectivity index (χ0n) is 23.1. The number of fused-ring (bicyclic) bond motifs is 1. The van der Waals surface area contributed by atoms with Gasteiger partial charge in [-0.05, 0) is 63.1 Å². The number of esters is 1. The number of hydrogen-bond acceptors (Lipinski definition) is 9. The monoisotopic (exact) mass is 564 g/mol. The number of allylic oxidation sites excluding steroid dienone is 2. The van der Waals surface area contributed by atoms with Crippen molar-refractivity contribution in [1.29, 1.82) is 0 Å². The van der Waals surface area contributed by atoms with Gasteiger partial charge in [-0.1, -0.05) is 17.4 Å². The highest BCUT2D eigenvalue weighted by Gasteiger charge is 2.35. The van der Waals surface area contributed by atoms with Gasteiger partial charge in [0.25, 0.3) is 5.56 Å². The molecule has 0 unspecified atom stereocenters. The van der Waals surface area contributed by atoms with Gasteiger partial charge in [-0.25, -0.2) is 9.79 Å². The highest BCUT2D eigenvalue weighted by molar-refractivity contribution is 7.07. The third kappa shape index (κ3) is 5.40. The smallest absolute Gasteiger partial charge is 0.338 e. The number of aromatic nitrogens is 1. The molecule has 0 saturated heterocycles. The number of carbonyl (C=O) groups excluding carboxylic acids is 1. The molecule has 4 rings (SSSR count). The van der Waals surface area contributed by atoms with E-state index in [-0.39, 0.29) is 23.5 Å². The van der Waals surface area contributed by atoms with Crippen LogP contribution in [-0.4, -0.2) is 43.1 Å². The normalized spacial score (nSPS) is 14.8. The Morgan fingerprint density at radius 2 is 1.93 bits per heavy atom. The molecule has 1 N–H and O–H groups in total. The Morgan fingerprint density at radius 3 is 2.58 bits per heavy atom. The lowest BCUT2D eigenvalue weighted by Crippen LogP contribution is -2.40. The van der Waals surface area contributed by atoms with Crippen LogP contribution >= 0.6 is 11.3 Å². The minimum absolute atomic E-state index is 0.0432. The first-order valence-electron chi connectivity index (χ1n) is 12.8. The largest absolute Gasteiger partial charge is 0.504 e. The van der Waals surface area contributed by atoms with Crippen molar-refractivity contribution in [2.75, 3.05) is 27.4 Å². The second-order valence-electron chi connectivity index (χ2n) is 8.86. The van der Waals surface area contributed by atoms with E-state index in [1.54, 1.807) is 63.4 Å². The third-order valence-electron chi connectivity index (χ3n) is 6.39. The molecule has 1 aliphatic heterocycles. The van der Waals surface area contributed by atoms with E-state index in [4.69, 9.17) is 18.9 Å². The molecule has 0 amide bonds. The topological polar surface area (TPSA) is 109 Å². The van der Waals surface area contributed by atoms with Gasteiger partial charge in [-0.2, -0.15) is 0 Å². The van der Waals surface area contributed by atoms with E-state index in [1.165, 1.54) is 23.0 Å². The van der Waals surface area contributed by atoms with Crippen LogP contribution in [0.5, 0.6) is 23.0 Å². The van der Waals surface area contributed by atoms with Gasteiger partial charge in [0, 0.05) is 17.2 Å². The zero-order valence-corrected chi connectivity index (χ0v) is 24.0. The Hall–Kier alpha value is -4.31. The quantitative estimate of drug-likeness (QED) is 0.296. The molecule has 0 aliphatic carbocycles. The van der Waals surface area contributed by atoms with E-state index in [1.807, 2.05) is 6.92 Å². The zero-order chi connectivity index (χ0) is 29.0. The Labute approximate surface area is 235 Å². The number of benzene rings is 2. The number of rotatable bonds is 10. The van der Waals surface area contributed by atoms with E-state index in [0.717, 1.165) is 0 Å². The van der Waals surface area contributed by atoms with E-state index in [0.29, 0.717) is 62.0 Å². The van der Waals surface area contributed by atoms with Crippen molar-refractivity contribution in [3.05, 3.63) is 90.6 Å². The van der Waals surface area contributed by atoms with Crippen molar-refractivity contribution in [2.24, 2.45) is 4.99 Å². The first-order chi connectivity index (χ1) is 19.3. The Morgan fingerprint density at radius 1 is 1.15 bits per heavy atom. The van der Waals surface area contributed by atoms with Gasteiger partial charge < -0.3 is 24.1 Å². The maximum absolute atomic E-state index is 14.0. The molecule has 10 heteroatoms. The minimum Gasteiger partial charge on any atom is -0.504 e. The summed E-state index contributed by atoms with van der Waals surface area (Å²) in [6, 6.07) is 7.86. The summed E-state index contributed by atoms with van der Waals surface area (Å²) in [5, 5.41) is 10.6. The summed E-state index contributed by atoms with van der Waals surface area (Å²) in [5.41, 5.74) is 2.25. The van der Waals surface area contributed by atoms with E-state index < -0.39 is 12.0 Å². The van der Waals surface area contributed by atoms with Crippen molar-refractivity contribution in [3.63, 3.8) is 0 Å². The molecule has 1 atom stereocenters. The summed E-state index contributed by atoms with van der Waals surface area (Å²) in [5.74, 6) is 0.822. The molecular weight excluding hydrogens is 532 g/mol. The lowest BCUT2D eigenvalue weighted by atomic mass is 9.95. The van der Waals surface area contributed by atoms with Crippen LogP contribution in [0.15, 0.2) is 64.0 Å². The van der Waals surface area contributed by atoms with Crippen LogP contribution in [0, 0.1) is 0 Å². The lowest BCUT2D eigenvalue weighted by molar-refractivity contribution is -0.139. The van der Waals surface area contributed by atoms with Crippen LogP contribution in [0.2, 0.25) is 0 Å². The molecule has 0 saturated carbocycles. The predicted octanol–water partition coefficient (Wildman–Crippen LogP) is 3.65. The number of ether oxygens (including phenoxy) is 4. The molecular formula is C30H32N2O7S. The molecule has 210 valence electrons. The average molecular weight is 565 g/mol. The maximum atomic E-state index is 14.0. The molecule has 1 aliphatic rings. The number of thiazole rings is 1. The van der Waals surface area contributed by atoms with Crippen LogP contribution in [0.25, 0.3) is 6.08 Å². The van der Waals surface area contributed by atoms with Gasteiger partial charge in [-0.3, -0.25) is 9.36 Å². The summed E-state index contributed by atoms with van der Waals surface area (Å²) >= 11 is 1.20. The molecule has 0 radical (unpaired) electrons. The van der Waals surface area contributed by atoms with Crippen LogP contribution < -0.4 is 29.1 Å². The Kier molecular flexibility index (Phi) is 8.79. The Bertz CT molecular complexity index is 1670. The SMILES string of the molecule is C=CCc1cc(/C=c2/sc3n(c2=O)[C@@H](c2ccc(OC)cc2OC)C(C(=O)OCC)=C(C)N=3)cc(OCC)c1O. The molecule has 0 bridgehead atoms. The van der Waals surface area contributed by atoms with Gasteiger partial charge in [0.15, 0.2) is 16.3 Å². The van der Waals surface area contributed by atoms with E-state index in [9.17, 15) is 14.7 Å². The number of methoxy groups -OCH3 is 2. The fourth-order valence-corrected chi connectivity index (χ4v) is 5.68. The van der Waals surface area contributed by atoms with Gasteiger partial charge in [0.1, 0.15) is 17.5 Å². The van der Waals surface area contributed by atoms with Gasteiger partial charge in [0.05, 0.1) is 43.2 Å². The molecule has 2 heterocycles. The van der Waals surface area contributed by atoms with Crippen LogP contribution in [0.1, 0.15) is 43.5 Å². The highest BCUT2D eigenvalue weighted by atomic mass is 32.1. The van der Waals surface area contributed by atoms with Gasteiger partial charge in [-0.15, -0.1) is 6.58 Å². The van der Waals surface area contributed by atoms with E-state index >= 15 is 0 Å². The van der Waals surface area contributed by atoms with E-state index in [2.05, 4.69) is 11.6 Å². The van der Waals surface area contributed by atoms with Crippen molar-refractivity contribution < 1.29 is 28.8 Å². The predicted molar refractivity (Wildman–Crippen MR) is 153 cm³/mol. The number of nitrogens with zero attached hydrogens (tertiary/aromatic N) is 2. The highest BCUT2D eigenvalue weighted by Crippen LogP contribution is 2.38. The number of phenols is 1. The van der Waals surface area contributed by atoms with Crippen molar-refractivity contribution in [1.82, 2.24) is 4.57 Å². The molecule has 2 aromatic carbocycles. The lowest BCUT2D eigenvalue weighted by Gasteiger charge is -2.26. The number of phenolic OH excluding ortho intramolecular Hbond substituents is 1. The molecule has 0 fully saturated rings. The summed E-state index contributed by atoms with van der Waals surface area (Å²) in [4.78, 5) is 32.2. The number of aromatic hydroxyl groups is 1. The van der Waals surface area contributed by atoms with Crippen molar-refractivity contribution >= 4 is 23.4 Å². The molecule has 1 aromatic heterocycles. The van der Waals surface area contributed by atoms with Gasteiger partial charge >= 0.3 is 5.97 Å². The summed E-state index contributed by atoms with van der Waals surface area (Å²) in [7, 11) is 3.07. The van der Waals surface area contributed by atoms with Gasteiger partial charge in [0.2, 0.25) is 0 Å². The molecule has 3 aromatic rings. The summed E-state index contributed by atoms with van der Waals surface area (Å²) in [6.45, 7) is 9.57. The first kappa shape index (κ1) is 28.7. The first-order valence-corrected chi connectivity index (χ1v) is 13.6. The Balaban J connectivity index is 1.98. The van der Waals surface area contributed by atoms with Crippen molar-refractivity contribution in [2.45, 2.75) is 33.2 Å². The summed E-state index contributed by atoms with van der Waals surface area (Å²) < 4.78 is 23.9. The fourth-order valence-electron chi connectivity index (χ4n) is 4.63. The van der Waals surface area contributed by atoms with Crippen LogP contribution in [0.3, 0.4) is 0 Å². The second kappa shape index (κ2) is 12.3. The fraction of sp³-hybridized carbons (Fsp3) is 0.300. The third-order valence-corrected chi connectivity index (χ3v) is 7.37. The van der Waals surface area contributed by atoms with Crippen LogP contribution in [0.4, 0.5) is 0 Å². The standard InChI is InChI=1S/C30H32N2O7S/c1-7-10-19-13-18(14-23(27(19)33)38-8-2)15-24-28(34)32-26(21-12-11-20(36-5)16-22(21)37-6)25(29(35)39-9-3)17(4)31-30(32)40-24/h7,11-16,26,33H,1,8-10H2,2-6H3/b24-15+/t26-/m0/s1. The minimum atomic E-state index is -0.839.